The Balaban J connectivity index is 2.05. The predicted molar refractivity (Wildman–Crippen MR) is 94.5 cm³/mol. The number of aliphatic carboxylic acids is 1. The van der Waals surface area contributed by atoms with Gasteiger partial charge in [-0.25, -0.2) is 0 Å². The van der Waals surface area contributed by atoms with E-state index in [1.54, 1.807) is 30.5 Å². The maximum Gasteiger partial charge on any atom is 0.417 e. The SMILES string of the molecule is O=C(O)C1CCCN(C(c2ccc(Cl)c(C(F)(F)F)c2)c2ccccn2)C1. The van der Waals surface area contributed by atoms with E-state index in [-0.39, 0.29) is 11.6 Å². The molecule has 0 amide bonds. The minimum absolute atomic E-state index is 0.251. The minimum atomic E-state index is -4.58. The summed E-state index contributed by atoms with van der Waals surface area (Å²) in [4.78, 5) is 17.6. The molecule has 27 heavy (non-hydrogen) atoms. The molecule has 1 aliphatic heterocycles. The van der Waals surface area contributed by atoms with Gasteiger partial charge in [0.1, 0.15) is 0 Å². The highest BCUT2D eigenvalue weighted by molar-refractivity contribution is 6.31. The standard InChI is InChI=1S/C19H18ClF3N2O2/c20-15-7-6-12(10-14(15)19(21,22)23)17(16-5-1-2-8-24-16)25-9-3-4-13(11-25)18(26)27/h1-2,5-8,10,13,17H,3-4,9,11H2,(H,26,27). The van der Waals surface area contributed by atoms with Crippen molar-refractivity contribution in [2.75, 3.05) is 13.1 Å². The van der Waals surface area contributed by atoms with Crippen molar-refractivity contribution < 1.29 is 23.1 Å². The minimum Gasteiger partial charge on any atom is -0.481 e. The first kappa shape index (κ1) is 19.6. The number of pyridine rings is 1. The van der Waals surface area contributed by atoms with Crippen molar-refractivity contribution >= 4 is 17.6 Å². The van der Waals surface area contributed by atoms with E-state index >= 15 is 0 Å². The number of likely N-dealkylation sites (tertiary alicyclic amines) is 1. The molecule has 144 valence electrons. The van der Waals surface area contributed by atoms with Gasteiger partial charge in [-0.1, -0.05) is 23.7 Å². The van der Waals surface area contributed by atoms with Crippen LogP contribution in [0.5, 0.6) is 0 Å². The first-order valence-electron chi connectivity index (χ1n) is 8.52. The van der Waals surface area contributed by atoms with E-state index in [2.05, 4.69) is 4.98 Å². The number of hydrogen-bond donors (Lipinski definition) is 1. The summed E-state index contributed by atoms with van der Waals surface area (Å²) >= 11 is 5.76. The molecule has 2 heterocycles. The molecule has 0 bridgehead atoms. The summed E-state index contributed by atoms with van der Waals surface area (Å²) in [5, 5.41) is 8.99. The van der Waals surface area contributed by atoms with Gasteiger partial charge in [0.2, 0.25) is 0 Å². The van der Waals surface area contributed by atoms with Crippen LogP contribution in [0, 0.1) is 5.92 Å². The summed E-state index contributed by atoms with van der Waals surface area (Å²) in [6.45, 7) is 0.829. The van der Waals surface area contributed by atoms with Gasteiger partial charge < -0.3 is 5.11 Å². The summed E-state index contributed by atoms with van der Waals surface area (Å²) in [7, 11) is 0. The van der Waals surface area contributed by atoms with Crippen LogP contribution in [0.25, 0.3) is 0 Å². The fraction of sp³-hybridized carbons (Fsp3) is 0.368. The van der Waals surface area contributed by atoms with Crippen molar-refractivity contribution in [3.05, 3.63) is 64.4 Å². The molecule has 0 saturated carbocycles. The fourth-order valence-electron chi connectivity index (χ4n) is 3.48. The van der Waals surface area contributed by atoms with Crippen LogP contribution in [-0.4, -0.2) is 34.0 Å². The number of halogens is 4. The summed E-state index contributed by atoms with van der Waals surface area (Å²) in [5.41, 5.74) is 0.0461. The Kier molecular flexibility index (Phi) is 5.72. The molecule has 4 nitrogen and oxygen atoms in total. The van der Waals surface area contributed by atoms with E-state index in [0.29, 0.717) is 30.6 Å². The molecule has 0 spiro atoms. The van der Waals surface area contributed by atoms with Crippen LogP contribution in [0.2, 0.25) is 5.02 Å². The summed E-state index contributed by atoms with van der Waals surface area (Å²) in [5.74, 6) is -1.45. The molecule has 1 aliphatic rings. The number of benzene rings is 1. The highest BCUT2D eigenvalue weighted by atomic mass is 35.5. The van der Waals surface area contributed by atoms with Crippen LogP contribution in [0.4, 0.5) is 13.2 Å². The number of alkyl halides is 3. The average Bonchev–Trinajstić information content (AvgIpc) is 2.63. The van der Waals surface area contributed by atoms with Gasteiger partial charge in [-0.05, 0) is 49.2 Å². The van der Waals surface area contributed by atoms with Crippen molar-refractivity contribution in [3.8, 4) is 0 Å². The molecule has 0 aliphatic carbocycles. The van der Waals surface area contributed by atoms with E-state index < -0.39 is 29.7 Å². The molecule has 8 heteroatoms. The zero-order valence-electron chi connectivity index (χ0n) is 14.3. The molecule has 2 aromatic rings. The Morgan fingerprint density at radius 1 is 1.30 bits per heavy atom. The third-order valence-corrected chi connectivity index (χ3v) is 5.08. The van der Waals surface area contributed by atoms with E-state index in [9.17, 15) is 23.1 Å². The third-order valence-electron chi connectivity index (χ3n) is 4.75. The Morgan fingerprint density at radius 3 is 2.70 bits per heavy atom. The van der Waals surface area contributed by atoms with Crippen molar-refractivity contribution in [2.24, 2.45) is 5.92 Å². The summed E-state index contributed by atoms with van der Waals surface area (Å²) < 4.78 is 39.9. The Bertz CT molecular complexity index is 814. The zero-order valence-corrected chi connectivity index (χ0v) is 15.0. The highest BCUT2D eigenvalue weighted by Crippen LogP contribution is 2.39. The van der Waals surface area contributed by atoms with Crippen LogP contribution in [-0.2, 0) is 11.0 Å². The van der Waals surface area contributed by atoms with E-state index in [1.165, 1.54) is 6.07 Å². The number of piperidine rings is 1. The Labute approximate surface area is 159 Å². The van der Waals surface area contributed by atoms with Gasteiger partial charge in [0.15, 0.2) is 0 Å². The van der Waals surface area contributed by atoms with Crippen molar-refractivity contribution in [3.63, 3.8) is 0 Å². The van der Waals surface area contributed by atoms with Gasteiger partial charge in [0, 0.05) is 12.7 Å². The van der Waals surface area contributed by atoms with Gasteiger partial charge in [-0.2, -0.15) is 13.2 Å². The summed E-state index contributed by atoms with van der Waals surface area (Å²) in [6, 6.07) is 8.44. The number of rotatable bonds is 4. The maximum atomic E-state index is 13.3. The largest absolute Gasteiger partial charge is 0.481 e. The lowest BCUT2D eigenvalue weighted by Crippen LogP contribution is -2.41. The Morgan fingerprint density at radius 2 is 2.07 bits per heavy atom. The Hall–Kier alpha value is -2.12. The second-order valence-corrected chi connectivity index (χ2v) is 6.97. The number of aromatic nitrogens is 1. The monoisotopic (exact) mass is 398 g/mol. The third kappa shape index (κ3) is 4.42. The maximum absolute atomic E-state index is 13.3. The van der Waals surface area contributed by atoms with E-state index in [0.717, 1.165) is 6.07 Å². The number of carboxylic acids is 1. The first-order chi connectivity index (χ1) is 12.8. The van der Waals surface area contributed by atoms with Crippen LogP contribution in [0.15, 0.2) is 42.6 Å². The molecule has 1 saturated heterocycles. The lowest BCUT2D eigenvalue weighted by atomic mass is 9.92. The second kappa shape index (κ2) is 7.86. The molecule has 1 aromatic carbocycles. The number of hydrogen-bond acceptors (Lipinski definition) is 3. The summed E-state index contributed by atoms with van der Waals surface area (Å²) in [6.07, 6.45) is -1.80. The highest BCUT2D eigenvalue weighted by Gasteiger charge is 2.36. The number of nitrogens with zero attached hydrogens (tertiary/aromatic N) is 2. The van der Waals surface area contributed by atoms with Crippen LogP contribution < -0.4 is 0 Å². The molecule has 2 atom stereocenters. The van der Waals surface area contributed by atoms with Gasteiger partial charge in [0.05, 0.1) is 28.2 Å². The molecule has 2 unspecified atom stereocenters. The van der Waals surface area contributed by atoms with Crippen LogP contribution in [0.3, 0.4) is 0 Å². The molecule has 3 rings (SSSR count). The molecule has 0 radical (unpaired) electrons. The predicted octanol–water partition coefficient (Wildman–Crippen LogP) is 4.64. The molecular formula is C19H18ClF3N2O2. The van der Waals surface area contributed by atoms with E-state index in [4.69, 9.17) is 11.6 Å². The van der Waals surface area contributed by atoms with Gasteiger partial charge in [-0.3, -0.25) is 14.7 Å². The van der Waals surface area contributed by atoms with Gasteiger partial charge in [0.25, 0.3) is 0 Å². The fourth-order valence-corrected chi connectivity index (χ4v) is 3.70. The van der Waals surface area contributed by atoms with Crippen molar-refractivity contribution in [2.45, 2.75) is 25.1 Å². The average molecular weight is 399 g/mol. The van der Waals surface area contributed by atoms with Crippen LogP contribution >= 0.6 is 11.6 Å². The lowest BCUT2D eigenvalue weighted by molar-refractivity contribution is -0.143. The molecular weight excluding hydrogens is 381 g/mol. The molecule has 1 N–H and O–H groups in total. The molecule has 1 aromatic heterocycles. The number of carboxylic acid groups (broad SMARTS) is 1. The first-order valence-corrected chi connectivity index (χ1v) is 8.89. The van der Waals surface area contributed by atoms with E-state index in [1.807, 2.05) is 4.90 Å². The smallest absolute Gasteiger partial charge is 0.417 e. The number of carbonyl (C=O) groups is 1. The van der Waals surface area contributed by atoms with Gasteiger partial charge >= 0.3 is 12.1 Å². The zero-order chi connectivity index (χ0) is 19.6. The second-order valence-electron chi connectivity index (χ2n) is 6.57. The van der Waals surface area contributed by atoms with Crippen LogP contribution in [0.1, 0.15) is 35.7 Å². The van der Waals surface area contributed by atoms with Crippen molar-refractivity contribution in [1.82, 2.24) is 9.88 Å². The lowest BCUT2D eigenvalue weighted by Gasteiger charge is -2.37. The van der Waals surface area contributed by atoms with Crippen molar-refractivity contribution in [1.29, 1.82) is 0 Å². The quantitative estimate of drug-likeness (QED) is 0.815. The topological polar surface area (TPSA) is 53.4 Å². The molecule has 1 fully saturated rings. The van der Waals surface area contributed by atoms with Gasteiger partial charge in [-0.15, -0.1) is 0 Å². The normalized spacial score (nSPS) is 19.6.